The molecule has 3 aliphatic rings. The number of aromatic nitrogens is 2. The first-order chi connectivity index (χ1) is 15.5. The number of hydrogen-bond donors (Lipinski definition) is 1. The average Bonchev–Trinajstić information content (AvgIpc) is 2.84. The molecule has 2 atom stereocenters. The van der Waals surface area contributed by atoms with Crippen molar-refractivity contribution in [3.05, 3.63) is 40.1 Å². The molecule has 2 aliphatic heterocycles. The Kier molecular flexibility index (Phi) is 7.40. The van der Waals surface area contributed by atoms with E-state index in [0.29, 0.717) is 25.5 Å². The van der Waals surface area contributed by atoms with Crippen molar-refractivity contribution in [2.75, 3.05) is 39.9 Å². The third-order valence-electron chi connectivity index (χ3n) is 7.05. The summed E-state index contributed by atoms with van der Waals surface area (Å²) in [6, 6.07) is 1.60. The number of ether oxygens (including phenoxy) is 1. The Bertz CT molecular complexity index is 904. The number of carbonyl (C=O) groups excluding carboxylic acids is 2. The number of methoxy groups -OCH3 is 1. The molecular weight excluding hydrogens is 408 g/mol. The fourth-order valence-electron chi connectivity index (χ4n) is 5.21. The van der Waals surface area contributed by atoms with Gasteiger partial charge in [-0.15, -0.1) is 0 Å². The number of aromatic amines is 1. The first-order valence-corrected chi connectivity index (χ1v) is 11.9. The molecule has 0 saturated carbocycles. The number of nitrogens with one attached hydrogen (secondary N) is 1. The van der Waals surface area contributed by atoms with E-state index in [1.165, 1.54) is 7.11 Å². The second kappa shape index (κ2) is 10.4. The van der Waals surface area contributed by atoms with Crippen molar-refractivity contribution in [1.29, 1.82) is 0 Å². The summed E-state index contributed by atoms with van der Waals surface area (Å²) in [4.78, 5) is 49.1. The number of hydrogen-bond acceptors (Lipinski definition) is 5. The Labute approximate surface area is 189 Å². The van der Waals surface area contributed by atoms with E-state index in [4.69, 9.17) is 9.72 Å². The normalized spacial score (nSPS) is 24.5. The molecule has 2 saturated heterocycles. The molecular formula is C24H34N4O4. The lowest BCUT2D eigenvalue weighted by Crippen LogP contribution is -2.43. The van der Waals surface area contributed by atoms with E-state index in [9.17, 15) is 14.4 Å². The topological polar surface area (TPSA) is 95.6 Å². The highest BCUT2D eigenvalue weighted by Crippen LogP contribution is 2.30. The maximum Gasteiger partial charge on any atom is 0.251 e. The van der Waals surface area contributed by atoms with Crippen molar-refractivity contribution >= 4 is 11.8 Å². The molecule has 1 aliphatic carbocycles. The van der Waals surface area contributed by atoms with Crippen LogP contribution in [0.15, 0.2) is 23.0 Å². The fraction of sp³-hybridized carbons (Fsp3) is 0.667. The number of carbonyl (C=O) groups is 2. The van der Waals surface area contributed by atoms with Gasteiger partial charge in [-0.2, -0.15) is 0 Å². The fourth-order valence-corrected chi connectivity index (χ4v) is 5.21. The number of likely N-dealkylation sites (tertiary alicyclic amines) is 2. The van der Waals surface area contributed by atoms with Crippen LogP contribution in [-0.4, -0.2) is 71.5 Å². The molecule has 1 aromatic heterocycles. The Morgan fingerprint density at radius 3 is 2.62 bits per heavy atom. The summed E-state index contributed by atoms with van der Waals surface area (Å²) in [5.41, 5.74) is 0.659. The highest BCUT2D eigenvalue weighted by atomic mass is 16.5. The van der Waals surface area contributed by atoms with Gasteiger partial charge in [-0.05, 0) is 44.9 Å². The number of H-pyrrole nitrogens is 1. The van der Waals surface area contributed by atoms with Crippen molar-refractivity contribution < 1.29 is 14.3 Å². The second-order valence-corrected chi connectivity index (χ2v) is 9.25. The van der Waals surface area contributed by atoms with Crippen molar-refractivity contribution in [2.24, 2.45) is 5.92 Å². The van der Waals surface area contributed by atoms with Crippen LogP contribution < -0.4 is 5.56 Å². The Morgan fingerprint density at radius 1 is 1.09 bits per heavy atom. The highest BCUT2D eigenvalue weighted by Gasteiger charge is 2.31. The van der Waals surface area contributed by atoms with E-state index in [0.717, 1.165) is 57.2 Å². The first-order valence-electron chi connectivity index (χ1n) is 11.9. The lowest BCUT2D eigenvalue weighted by molar-refractivity contribution is -0.137. The molecule has 8 heteroatoms. The molecule has 0 bridgehead atoms. The largest absolute Gasteiger partial charge is 0.375 e. The quantitative estimate of drug-likeness (QED) is 0.706. The summed E-state index contributed by atoms with van der Waals surface area (Å²) in [6.45, 7) is 2.81. The van der Waals surface area contributed by atoms with Crippen LogP contribution in [0.5, 0.6) is 0 Å². The van der Waals surface area contributed by atoms with Gasteiger partial charge < -0.3 is 19.5 Å². The monoisotopic (exact) mass is 442 g/mol. The molecule has 3 heterocycles. The molecule has 0 aromatic carbocycles. The minimum absolute atomic E-state index is 0.00146. The van der Waals surface area contributed by atoms with E-state index < -0.39 is 0 Å². The van der Waals surface area contributed by atoms with Crippen molar-refractivity contribution in [3.8, 4) is 0 Å². The highest BCUT2D eigenvalue weighted by molar-refractivity contribution is 5.79. The molecule has 1 N–H and O–H groups in total. The summed E-state index contributed by atoms with van der Waals surface area (Å²) in [5, 5.41) is 0. The minimum atomic E-state index is -0.135. The second-order valence-electron chi connectivity index (χ2n) is 9.25. The van der Waals surface area contributed by atoms with Crippen LogP contribution in [0, 0.1) is 5.92 Å². The van der Waals surface area contributed by atoms with Crippen molar-refractivity contribution in [1.82, 2.24) is 19.8 Å². The lowest BCUT2D eigenvalue weighted by Gasteiger charge is -2.35. The van der Waals surface area contributed by atoms with E-state index in [1.54, 1.807) is 6.07 Å². The maximum atomic E-state index is 13.0. The maximum absolute atomic E-state index is 13.0. The Morgan fingerprint density at radius 2 is 1.91 bits per heavy atom. The van der Waals surface area contributed by atoms with E-state index in [2.05, 4.69) is 17.1 Å². The van der Waals surface area contributed by atoms with Crippen LogP contribution in [0.4, 0.5) is 0 Å². The molecule has 2 fully saturated rings. The van der Waals surface area contributed by atoms with Gasteiger partial charge in [-0.1, -0.05) is 12.2 Å². The predicted octanol–water partition coefficient (Wildman–Crippen LogP) is 2.18. The molecule has 0 radical (unpaired) electrons. The molecule has 1 aromatic rings. The van der Waals surface area contributed by atoms with E-state index in [1.807, 2.05) is 9.80 Å². The van der Waals surface area contributed by atoms with E-state index in [-0.39, 0.29) is 41.7 Å². The summed E-state index contributed by atoms with van der Waals surface area (Å²) < 4.78 is 4.95. The number of piperidine rings is 2. The molecule has 2 amide bonds. The minimum Gasteiger partial charge on any atom is -0.375 e. The molecule has 0 unspecified atom stereocenters. The Hall–Kier alpha value is -2.48. The van der Waals surface area contributed by atoms with Crippen molar-refractivity contribution in [2.45, 2.75) is 56.8 Å². The van der Waals surface area contributed by atoms with Gasteiger partial charge in [0, 0.05) is 57.1 Å². The van der Waals surface area contributed by atoms with Crippen LogP contribution in [0.3, 0.4) is 0 Å². The smallest absolute Gasteiger partial charge is 0.251 e. The molecule has 174 valence electrons. The zero-order valence-corrected chi connectivity index (χ0v) is 18.9. The summed E-state index contributed by atoms with van der Waals surface area (Å²) in [5.74, 6) is 1.28. The van der Waals surface area contributed by atoms with Gasteiger partial charge in [0.05, 0.1) is 5.69 Å². The van der Waals surface area contributed by atoms with Gasteiger partial charge in [0.25, 0.3) is 5.56 Å². The number of rotatable bonds is 5. The molecule has 32 heavy (non-hydrogen) atoms. The van der Waals surface area contributed by atoms with Gasteiger partial charge >= 0.3 is 0 Å². The third-order valence-corrected chi connectivity index (χ3v) is 7.05. The predicted molar refractivity (Wildman–Crippen MR) is 120 cm³/mol. The molecule has 0 spiro atoms. The third kappa shape index (κ3) is 5.28. The zero-order chi connectivity index (χ0) is 22.5. The van der Waals surface area contributed by atoms with Gasteiger partial charge in [-0.25, -0.2) is 4.98 Å². The number of nitrogens with zero attached hydrogens (tertiary/aromatic N) is 3. The SMILES string of the molecule is COCC(=O)N1CCC(c2nc([C@@H]3CCCN(C(=O)[C@H]4CC=CCC4)C3)cc(=O)[nH]2)CC1. The van der Waals surface area contributed by atoms with Crippen LogP contribution in [0.25, 0.3) is 0 Å². The summed E-state index contributed by atoms with van der Waals surface area (Å²) >= 11 is 0. The summed E-state index contributed by atoms with van der Waals surface area (Å²) in [6.07, 6.45) is 10.4. The van der Waals surface area contributed by atoms with Crippen LogP contribution in [0.2, 0.25) is 0 Å². The van der Waals surface area contributed by atoms with Gasteiger partial charge in [0.2, 0.25) is 11.8 Å². The number of amides is 2. The average molecular weight is 443 g/mol. The molecule has 4 rings (SSSR count). The zero-order valence-electron chi connectivity index (χ0n) is 18.9. The Balaban J connectivity index is 1.42. The standard InChI is InChI=1S/C24H34N4O4/c1-32-16-22(30)27-12-9-17(10-13-27)23-25-20(14-21(29)26-23)19-8-5-11-28(15-19)24(31)18-6-3-2-4-7-18/h2-3,14,17-19H,4-13,15-16H2,1H3,(H,25,26,29)/t18-,19+/m0/s1. The van der Waals surface area contributed by atoms with E-state index >= 15 is 0 Å². The number of allylic oxidation sites excluding steroid dienone is 2. The van der Waals surface area contributed by atoms with Crippen LogP contribution >= 0.6 is 0 Å². The van der Waals surface area contributed by atoms with Crippen LogP contribution in [-0.2, 0) is 14.3 Å². The summed E-state index contributed by atoms with van der Waals surface area (Å²) in [7, 11) is 1.52. The molecule has 8 nitrogen and oxygen atoms in total. The first kappa shape index (κ1) is 22.7. The van der Waals surface area contributed by atoms with Gasteiger partial charge in [0.1, 0.15) is 12.4 Å². The van der Waals surface area contributed by atoms with Crippen molar-refractivity contribution in [3.63, 3.8) is 0 Å². The van der Waals surface area contributed by atoms with Crippen LogP contribution in [0.1, 0.15) is 68.3 Å². The van der Waals surface area contributed by atoms with Gasteiger partial charge in [-0.3, -0.25) is 14.4 Å². The van der Waals surface area contributed by atoms with Gasteiger partial charge in [0.15, 0.2) is 0 Å². The lowest BCUT2D eigenvalue weighted by atomic mass is 9.89.